The highest BCUT2D eigenvalue weighted by molar-refractivity contribution is 5.77. The quantitative estimate of drug-likeness (QED) is 0.285. The molecular weight excluding hydrogens is 366 g/mol. The second-order valence-corrected chi connectivity index (χ2v) is 7.50. The first-order valence-electron chi connectivity index (χ1n) is 11.2. The fraction of sp³-hybridized carbons (Fsp3) is 0.667. The highest BCUT2D eigenvalue weighted by atomic mass is 16.5. The molecule has 0 aliphatic rings. The number of carbonyl (C=O) groups excluding carboxylic acids is 2. The first kappa shape index (κ1) is 25.0. The smallest absolute Gasteiger partial charge is 0.305 e. The minimum absolute atomic E-state index is 0.0191. The Morgan fingerprint density at radius 1 is 0.862 bits per heavy atom. The monoisotopic (exact) mass is 405 g/mol. The minimum Gasteiger partial charge on any atom is -0.497 e. The molecule has 1 amide bonds. The van der Waals surface area contributed by atoms with E-state index in [1.54, 1.807) is 7.11 Å². The van der Waals surface area contributed by atoms with Gasteiger partial charge in [-0.3, -0.25) is 9.59 Å². The van der Waals surface area contributed by atoms with Crippen LogP contribution >= 0.6 is 0 Å². The lowest BCUT2D eigenvalue weighted by Crippen LogP contribution is -2.25. The summed E-state index contributed by atoms with van der Waals surface area (Å²) in [5, 5.41) is 2.90. The Labute approximate surface area is 176 Å². The molecule has 0 fully saturated rings. The van der Waals surface area contributed by atoms with Crippen LogP contribution in [0.4, 0.5) is 0 Å². The largest absolute Gasteiger partial charge is 0.497 e. The van der Waals surface area contributed by atoms with Crippen molar-refractivity contribution in [2.24, 2.45) is 0 Å². The third-order valence-corrected chi connectivity index (χ3v) is 4.94. The van der Waals surface area contributed by atoms with Gasteiger partial charge in [0.2, 0.25) is 5.91 Å². The van der Waals surface area contributed by atoms with Crippen LogP contribution in [-0.4, -0.2) is 32.1 Å². The fourth-order valence-corrected chi connectivity index (χ4v) is 3.11. The Kier molecular flexibility index (Phi) is 14.5. The zero-order chi connectivity index (χ0) is 21.2. The SMILES string of the molecule is CCCCCCCCCCOC(=O)CCCC(=O)NCCc1ccc(OC)cc1. The number of carbonyl (C=O) groups is 2. The van der Waals surface area contributed by atoms with Crippen molar-refractivity contribution in [2.45, 2.75) is 84.0 Å². The molecular formula is C24H39NO4. The molecule has 1 aromatic rings. The summed E-state index contributed by atoms with van der Waals surface area (Å²) in [6.45, 7) is 3.32. The second-order valence-electron chi connectivity index (χ2n) is 7.50. The topological polar surface area (TPSA) is 64.6 Å². The maximum Gasteiger partial charge on any atom is 0.305 e. The molecule has 0 radical (unpaired) electrons. The van der Waals surface area contributed by atoms with Crippen molar-refractivity contribution in [3.05, 3.63) is 29.8 Å². The third kappa shape index (κ3) is 13.7. The fourth-order valence-electron chi connectivity index (χ4n) is 3.11. The van der Waals surface area contributed by atoms with E-state index in [1.165, 1.54) is 38.5 Å². The molecule has 0 saturated heterocycles. The van der Waals surface area contributed by atoms with Crippen molar-refractivity contribution in [1.29, 1.82) is 0 Å². The zero-order valence-electron chi connectivity index (χ0n) is 18.3. The van der Waals surface area contributed by atoms with E-state index in [0.29, 0.717) is 32.4 Å². The van der Waals surface area contributed by atoms with Crippen LogP contribution in [0.1, 0.15) is 83.1 Å². The lowest BCUT2D eigenvalue weighted by molar-refractivity contribution is -0.143. The Morgan fingerprint density at radius 3 is 2.17 bits per heavy atom. The van der Waals surface area contributed by atoms with Crippen molar-refractivity contribution in [3.8, 4) is 5.75 Å². The molecule has 0 bridgehead atoms. The van der Waals surface area contributed by atoms with Crippen LogP contribution < -0.4 is 10.1 Å². The van der Waals surface area contributed by atoms with Crippen LogP contribution in [0.15, 0.2) is 24.3 Å². The predicted molar refractivity (Wildman–Crippen MR) is 117 cm³/mol. The number of unbranched alkanes of at least 4 members (excludes halogenated alkanes) is 7. The van der Waals surface area contributed by atoms with Crippen LogP contribution in [0.25, 0.3) is 0 Å². The second kappa shape index (κ2) is 16.9. The van der Waals surface area contributed by atoms with Crippen LogP contribution in [0.3, 0.4) is 0 Å². The molecule has 1 aromatic carbocycles. The molecule has 5 nitrogen and oxygen atoms in total. The number of amides is 1. The summed E-state index contributed by atoms with van der Waals surface area (Å²) in [6, 6.07) is 7.81. The molecule has 0 spiro atoms. The van der Waals surface area contributed by atoms with E-state index >= 15 is 0 Å². The van der Waals surface area contributed by atoms with E-state index in [9.17, 15) is 9.59 Å². The summed E-state index contributed by atoms with van der Waals surface area (Å²) in [7, 11) is 1.64. The lowest BCUT2D eigenvalue weighted by atomic mass is 10.1. The lowest BCUT2D eigenvalue weighted by Gasteiger charge is -2.07. The maximum atomic E-state index is 11.9. The van der Waals surface area contributed by atoms with Crippen molar-refractivity contribution < 1.29 is 19.1 Å². The van der Waals surface area contributed by atoms with Gasteiger partial charge in [0.15, 0.2) is 0 Å². The first-order chi connectivity index (χ1) is 14.2. The molecule has 1 rings (SSSR count). The molecule has 0 aromatic heterocycles. The number of hydrogen-bond donors (Lipinski definition) is 1. The van der Waals surface area contributed by atoms with Crippen LogP contribution in [0.5, 0.6) is 5.75 Å². The van der Waals surface area contributed by atoms with Crippen LogP contribution in [0.2, 0.25) is 0 Å². The van der Waals surface area contributed by atoms with Gasteiger partial charge in [0, 0.05) is 19.4 Å². The van der Waals surface area contributed by atoms with Gasteiger partial charge in [-0.25, -0.2) is 0 Å². The average Bonchev–Trinajstić information content (AvgIpc) is 2.73. The molecule has 0 aliphatic heterocycles. The molecule has 0 heterocycles. The highest BCUT2D eigenvalue weighted by Gasteiger charge is 2.06. The summed E-state index contributed by atoms with van der Waals surface area (Å²) < 4.78 is 10.4. The van der Waals surface area contributed by atoms with E-state index in [2.05, 4.69) is 12.2 Å². The van der Waals surface area contributed by atoms with Gasteiger partial charge in [-0.15, -0.1) is 0 Å². The van der Waals surface area contributed by atoms with Crippen LogP contribution in [0, 0.1) is 0 Å². The zero-order valence-corrected chi connectivity index (χ0v) is 18.3. The summed E-state index contributed by atoms with van der Waals surface area (Å²) >= 11 is 0. The average molecular weight is 406 g/mol. The van der Waals surface area contributed by atoms with Gasteiger partial charge >= 0.3 is 5.97 Å². The van der Waals surface area contributed by atoms with E-state index in [0.717, 1.165) is 30.6 Å². The standard InChI is InChI=1S/C24H39NO4/c1-3-4-5-6-7-8-9-10-20-29-24(27)13-11-12-23(26)25-19-18-21-14-16-22(28-2)17-15-21/h14-17H,3-13,18-20H2,1-2H3,(H,25,26). The first-order valence-corrected chi connectivity index (χ1v) is 11.2. The summed E-state index contributed by atoms with van der Waals surface area (Å²) in [5.74, 6) is 0.612. The number of rotatable bonds is 17. The predicted octanol–water partition coefficient (Wildman–Crippen LogP) is 5.21. The summed E-state index contributed by atoms with van der Waals surface area (Å²) in [5.41, 5.74) is 1.15. The number of methoxy groups -OCH3 is 1. The van der Waals surface area contributed by atoms with Gasteiger partial charge < -0.3 is 14.8 Å². The summed E-state index contributed by atoms with van der Waals surface area (Å²) in [6.07, 6.45) is 11.8. The Hall–Kier alpha value is -2.04. The van der Waals surface area contributed by atoms with E-state index in [1.807, 2.05) is 24.3 Å². The van der Waals surface area contributed by atoms with Gasteiger partial charge in [0.05, 0.1) is 13.7 Å². The van der Waals surface area contributed by atoms with Crippen LogP contribution in [-0.2, 0) is 20.7 Å². The van der Waals surface area contributed by atoms with Gasteiger partial charge in [-0.2, -0.15) is 0 Å². The van der Waals surface area contributed by atoms with Gasteiger partial charge in [0.1, 0.15) is 5.75 Å². The van der Waals surface area contributed by atoms with Crippen molar-refractivity contribution in [1.82, 2.24) is 5.32 Å². The Balaban J connectivity index is 1.94. The number of benzene rings is 1. The molecule has 29 heavy (non-hydrogen) atoms. The number of esters is 1. The number of nitrogens with one attached hydrogen (secondary N) is 1. The Morgan fingerprint density at radius 2 is 1.52 bits per heavy atom. The molecule has 0 unspecified atom stereocenters. The number of hydrogen-bond acceptors (Lipinski definition) is 4. The van der Waals surface area contributed by atoms with Crippen molar-refractivity contribution >= 4 is 11.9 Å². The maximum absolute atomic E-state index is 11.9. The van der Waals surface area contributed by atoms with Gasteiger partial charge in [-0.1, -0.05) is 64.0 Å². The normalized spacial score (nSPS) is 10.6. The van der Waals surface area contributed by atoms with Crippen molar-refractivity contribution in [3.63, 3.8) is 0 Å². The third-order valence-electron chi connectivity index (χ3n) is 4.94. The van der Waals surface area contributed by atoms with E-state index in [-0.39, 0.29) is 11.9 Å². The molecule has 1 N–H and O–H groups in total. The number of ether oxygens (including phenoxy) is 2. The van der Waals surface area contributed by atoms with Crippen molar-refractivity contribution in [2.75, 3.05) is 20.3 Å². The van der Waals surface area contributed by atoms with E-state index in [4.69, 9.17) is 9.47 Å². The summed E-state index contributed by atoms with van der Waals surface area (Å²) in [4.78, 5) is 23.6. The molecule has 5 heteroatoms. The van der Waals surface area contributed by atoms with Gasteiger partial charge in [0.25, 0.3) is 0 Å². The minimum atomic E-state index is -0.195. The molecule has 0 atom stereocenters. The van der Waals surface area contributed by atoms with E-state index < -0.39 is 0 Å². The highest BCUT2D eigenvalue weighted by Crippen LogP contribution is 2.11. The molecule has 0 aliphatic carbocycles. The molecule has 164 valence electrons. The van der Waals surface area contributed by atoms with Gasteiger partial charge in [-0.05, 0) is 37.0 Å². The Bertz CT molecular complexity index is 557. The molecule has 0 saturated carbocycles.